The lowest BCUT2D eigenvalue weighted by molar-refractivity contribution is 0.177. The topological polar surface area (TPSA) is 46.6 Å². The van der Waals surface area contributed by atoms with Gasteiger partial charge in [0.25, 0.3) is 0 Å². The Kier molecular flexibility index (Phi) is 5.48. The minimum atomic E-state index is -3.61. The van der Waals surface area contributed by atoms with E-state index in [2.05, 4.69) is 0 Å². The monoisotopic (exact) mass is 355 g/mol. The van der Waals surface area contributed by atoms with Gasteiger partial charge in [-0.05, 0) is 28.5 Å². The van der Waals surface area contributed by atoms with Gasteiger partial charge in [0.05, 0.1) is 11.5 Å². The standard InChI is InChI=1S/C20H21NO3S/c1-24-14-13-21(16-17-7-3-2-4-8-17)25(22,23)20-12-11-18-9-5-6-10-19(18)15-20/h2-12,15H,13-14,16H2,1H3. The zero-order valence-corrected chi connectivity index (χ0v) is 14.9. The number of sulfonamides is 1. The lowest BCUT2D eigenvalue weighted by Gasteiger charge is -2.22. The van der Waals surface area contributed by atoms with Gasteiger partial charge in [0, 0.05) is 20.2 Å². The molecular weight excluding hydrogens is 334 g/mol. The molecule has 3 rings (SSSR count). The van der Waals surface area contributed by atoms with Crippen molar-refractivity contribution in [2.24, 2.45) is 0 Å². The Balaban J connectivity index is 1.96. The van der Waals surface area contributed by atoms with Crippen LogP contribution in [0.3, 0.4) is 0 Å². The van der Waals surface area contributed by atoms with E-state index in [0.717, 1.165) is 16.3 Å². The normalized spacial score (nSPS) is 11.9. The second-order valence-corrected chi connectivity index (χ2v) is 7.76. The molecular formula is C20H21NO3S. The van der Waals surface area contributed by atoms with Crippen molar-refractivity contribution in [3.05, 3.63) is 78.4 Å². The first-order valence-electron chi connectivity index (χ1n) is 8.13. The van der Waals surface area contributed by atoms with Crippen LogP contribution in [0.4, 0.5) is 0 Å². The van der Waals surface area contributed by atoms with Gasteiger partial charge < -0.3 is 4.74 Å². The first-order chi connectivity index (χ1) is 12.1. The first kappa shape index (κ1) is 17.6. The van der Waals surface area contributed by atoms with Crippen LogP contribution in [0.5, 0.6) is 0 Å². The molecule has 0 aliphatic rings. The number of methoxy groups -OCH3 is 1. The van der Waals surface area contributed by atoms with Gasteiger partial charge in [-0.25, -0.2) is 8.42 Å². The van der Waals surface area contributed by atoms with Crippen LogP contribution in [0.15, 0.2) is 77.7 Å². The SMILES string of the molecule is COCCN(Cc1ccccc1)S(=O)(=O)c1ccc2ccccc2c1. The van der Waals surface area contributed by atoms with Gasteiger partial charge in [-0.1, -0.05) is 60.7 Å². The minimum Gasteiger partial charge on any atom is -0.383 e. The van der Waals surface area contributed by atoms with E-state index in [9.17, 15) is 8.42 Å². The van der Waals surface area contributed by atoms with E-state index >= 15 is 0 Å². The molecule has 5 heteroatoms. The Hall–Kier alpha value is -2.21. The fraction of sp³-hybridized carbons (Fsp3) is 0.200. The maximum absolute atomic E-state index is 13.2. The van der Waals surface area contributed by atoms with E-state index in [0.29, 0.717) is 24.6 Å². The summed E-state index contributed by atoms with van der Waals surface area (Å²) in [6.45, 7) is 0.972. The predicted molar refractivity (Wildman–Crippen MR) is 99.9 cm³/mol. The summed E-state index contributed by atoms with van der Waals surface area (Å²) >= 11 is 0. The molecule has 0 saturated heterocycles. The minimum absolute atomic E-state index is 0.304. The summed E-state index contributed by atoms with van der Waals surface area (Å²) in [5.41, 5.74) is 0.947. The molecule has 0 spiro atoms. The van der Waals surface area contributed by atoms with E-state index in [1.54, 1.807) is 19.2 Å². The summed E-state index contributed by atoms with van der Waals surface area (Å²) in [5, 5.41) is 1.93. The molecule has 0 radical (unpaired) electrons. The smallest absolute Gasteiger partial charge is 0.243 e. The van der Waals surface area contributed by atoms with Crippen LogP contribution in [-0.4, -0.2) is 33.0 Å². The second-order valence-electron chi connectivity index (χ2n) is 5.83. The molecule has 0 atom stereocenters. The summed E-state index contributed by atoms with van der Waals surface area (Å²) in [6, 6.07) is 22.6. The summed E-state index contributed by atoms with van der Waals surface area (Å²) in [7, 11) is -2.04. The number of rotatable bonds is 7. The molecule has 3 aromatic rings. The molecule has 130 valence electrons. The number of fused-ring (bicyclic) bond motifs is 1. The molecule has 0 saturated carbocycles. The largest absolute Gasteiger partial charge is 0.383 e. The number of benzene rings is 3. The van der Waals surface area contributed by atoms with E-state index < -0.39 is 10.0 Å². The Labute approximate surface area is 148 Å². The van der Waals surface area contributed by atoms with Crippen LogP contribution in [0.25, 0.3) is 10.8 Å². The van der Waals surface area contributed by atoms with Gasteiger partial charge >= 0.3 is 0 Å². The molecule has 0 heterocycles. The fourth-order valence-electron chi connectivity index (χ4n) is 2.74. The molecule has 0 N–H and O–H groups in total. The third-order valence-electron chi connectivity index (χ3n) is 4.11. The van der Waals surface area contributed by atoms with E-state index in [1.165, 1.54) is 4.31 Å². The number of ether oxygens (including phenoxy) is 1. The molecule has 0 amide bonds. The Bertz CT molecular complexity index is 939. The maximum atomic E-state index is 13.2. The third-order valence-corrected chi connectivity index (χ3v) is 5.95. The zero-order chi connectivity index (χ0) is 17.7. The summed E-state index contributed by atoms with van der Waals surface area (Å²) in [5.74, 6) is 0. The molecule has 0 fully saturated rings. The number of hydrogen-bond acceptors (Lipinski definition) is 3. The summed E-state index contributed by atoms with van der Waals surface area (Å²) < 4.78 is 32.9. The van der Waals surface area contributed by atoms with Crippen LogP contribution in [0, 0.1) is 0 Å². The van der Waals surface area contributed by atoms with Crippen molar-refractivity contribution in [2.75, 3.05) is 20.3 Å². The highest BCUT2D eigenvalue weighted by Gasteiger charge is 2.24. The number of nitrogens with zero attached hydrogens (tertiary/aromatic N) is 1. The highest BCUT2D eigenvalue weighted by Crippen LogP contribution is 2.23. The Morgan fingerprint density at radius 1 is 0.880 bits per heavy atom. The second kappa shape index (κ2) is 7.78. The van der Waals surface area contributed by atoms with E-state index in [4.69, 9.17) is 4.74 Å². The summed E-state index contributed by atoms with van der Waals surface area (Å²) in [6.07, 6.45) is 0. The molecule has 4 nitrogen and oxygen atoms in total. The average molecular weight is 355 g/mol. The van der Waals surface area contributed by atoms with Crippen molar-refractivity contribution < 1.29 is 13.2 Å². The van der Waals surface area contributed by atoms with Crippen molar-refractivity contribution >= 4 is 20.8 Å². The maximum Gasteiger partial charge on any atom is 0.243 e. The number of hydrogen-bond donors (Lipinski definition) is 0. The van der Waals surface area contributed by atoms with Gasteiger partial charge in [-0.15, -0.1) is 0 Å². The van der Waals surface area contributed by atoms with Gasteiger partial charge in [-0.2, -0.15) is 4.31 Å². The first-order valence-corrected chi connectivity index (χ1v) is 9.57. The molecule has 0 unspecified atom stereocenters. The van der Waals surface area contributed by atoms with E-state index in [1.807, 2.05) is 60.7 Å². The van der Waals surface area contributed by atoms with Crippen LogP contribution >= 0.6 is 0 Å². The lowest BCUT2D eigenvalue weighted by Crippen LogP contribution is -2.33. The van der Waals surface area contributed by atoms with Crippen LogP contribution in [0.1, 0.15) is 5.56 Å². The molecule has 0 aliphatic carbocycles. The molecule has 0 aromatic heterocycles. The highest BCUT2D eigenvalue weighted by atomic mass is 32.2. The van der Waals surface area contributed by atoms with Gasteiger partial charge in [0.2, 0.25) is 10.0 Å². The molecule has 25 heavy (non-hydrogen) atoms. The molecule has 0 bridgehead atoms. The van der Waals surface area contributed by atoms with Gasteiger partial charge in [0.15, 0.2) is 0 Å². The molecule has 3 aromatic carbocycles. The van der Waals surface area contributed by atoms with Crippen LogP contribution < -0.4 is 0 Å². The van der Waals surface area contributed by atoms with Gasteiger partial charge in [-0.3, -0.25) is 0 Å². The quantitative estimate of drug-likeness (QED) is 0.649. The zero-order valence-electron chi connectivity index (χ0n) is 14.1. The van der Waals surface area contributed by atoms with Crippen molar-refractivity contribution in [3.63, 3.8) is 0 Å². The summed E-state index contributed by atoms with van der Waals surface area (Å²) in [4.78, 5) is 0.304. The fourth-order valence-corrected chi connectivity index (χ4v) is 4.19. The highest BCUT2D eigenvalue weighted by molar-refractivity contribution is 7.89. The predicted octanol–water partition coefficient (Wildman–Crippen LogP) is 3.68. The van der Waals surface area contributed by atoms with Crippen molar-refractivity contribution in [2.45, 2.75) is 11.4 Å². The Morgan fingerprint density at radius 3 is 2.28 bits per heavy atom. The van der Waals surface area contributed by atoms with Crippen molar-refractivity contribution in [1.82, 2.24) is 4.31 Å². The van der Waals surface area contributed by atoms with Crippen LogP contribution in [-0.2, 0) is 21.3 Å². The van der Waals surface area contributed by atoms with Gasteiger partial charge in [0.1, 0.15) is 0 Å². The van der Waals surface area contributed by atoms with Crippen molar-refractivity contribution in [1.29, 1.82) is 0 Å². The van der Waals surface area contributed by atoms with Crippen LogP contribution in [0.2, 0.25) is 0 Å². The average Bonchev–Trinajstić information content (AvgIpc) is 2.65. The lowest BCUT2D eigenvalue weighted by atomic mass is 10.1. The van der Waals surface area contributed by atoms with E-state index in [-0.39, 0.29) is 0 Å². The molecule has 0 aliphatic heterocycles. The third kappa shape index (κ3) is 4.07. The van der Waals surface area contributed by atoms with Crippen molar-refractivity contribution in [3.8, 4) is 0 Å². The Morgan fingerprint density at radius 2 is 1.56 bits per heavy atom.